The van der Waals surface area contributed by atoms with E-state index in [0.29, 0.717) is 25.3 Å². The summed E-state index contributed by atoms with van der Waals surface area (Å²) < 4.78 is 5.76. The highest BCUT2D eigenvalue weighted by molar-refractivity contribution is 5.99. The van der Waals surface area contributed by atoms with Crippen LogP contribution in [0.1, 0.15) is 57.3 Å². The van der Waals surface area contributed by atoms with Crippen molar-refractivity contribution in [2.45, 2.75) is 59.0 Å². The van der Waals surface area contributed by atoms with Gasteiger partial charge in [0.05, 0.1) is 12.1 Å². The van der Waals surface area contributed by atoms with Gasteiger partial charge < -0.3 is 30.9 Å². The summed E-state index contributed by atoms with van der Waals surface area (Å²) in [7, 11) is 0. The molecule has 0 bridgehead atoms. The average molecular weight is 504 g/mol. The molecule has 1 heterocycles. The van der Waals surface area contributed by atoms with Gasteiger partial charge in [0.2, 0.25) is 17.7 Å². The number of benzene rings is 1. The van der Waals surface area contributed by atoms with Gasteiger partial charge in [0.15, 0.2) is 0 Å². The zero-order chi connectivity index (χ0) is 26.5. The third-order valence-corrected chi connectivity index (χ3v) is 6.05. The number of hydrogen-bond donors (Lipinski definition) is 4. The first-order valence-corrected chi connectivity index (χ1v) is 12.8. The van der Waals surface area contributed by atoms with E-state index in [0.717, 1.165) is 13.1 Å². The van der Waals surface area contributed by atoms with Gasteiger partial charge in [-0.2, -0.15) is 0 Å². The largest absolute Gasteiger partial charge is 0.491 e. The summed E-state index contributed by atoms with van der Waals surface area (Å²) in [5, 5.41) is 11.2. The summed E-state index contributed by atoms with van der Waals surface area (Å²) in [6, 6.07) is 5.13. The van der Waals surface area contributed by atoms with Crippen molar-refractivity contribution >= 4 is 23.6 Å². The van der Waals surface area contributed by atoms with E-state index in [2.05, 4.69) is 40.0 Å². The van der Waals surface area contributed by atoms with Gasteiger partial charge in [-0.05, 0) is 44.0 Å². The number of fused-ring (bicyclic) bond motifs is 1. The van der Waals surface area contributed by atoms with Crippen LogP contribution in [0.5, 0.6) is 5.75 Å². The van der Waals surface area contributed by atoms with Crippen molar-refractivity contribution in [1.82, 2.24) is 26.2 Å². The number of ether oxygens (including phenoxy) is 1. The Bertz CT molecular complexity index is 887. The highest BCUT2D eigenvalue weighted by Crippen LogP contribution is 2.18. The van der Waals surface area contributed by atoms with Crippen molar-refractivity contribution in [3.63, 3.8) is 0 Å². The highest BCUT2D eigenvalue weighted by atomic mass is 16.5. The maximum atomic E-state index is 13.1. The minimum Gasteiger partial charge on any atom is -0.491 e. The molecule has 1 aliphatic heterocycles. The molecule has 0 spiro atoms. The Morgan fingerprint density at radius 3 is 2.56 bits per heavy atom. The molecule has 200 valence electrons. The second-order valence-electron chi connectivity index (χ2n) is 9.27. The van der Waals surface area contributed by atoms with Crippen molar-refractivity contribution in [2.24, 2.45) is 5.92 Å². The molecule has 1 aromatic carbocycles. The molecule has 10 heteroatoms. The van der Waals surface area contributed by atoms with E-state index < -0.39 is 18.0 Å². The minimum atomic E-state index is -0.921. The highest BCUT2D eigenvalue weighted by Gasteiger charge is 2.26. The van der Waals surface area contributed by atoms with Crippen molar-refractivity contribution < 1.29 is 23.9 Å². The molecule has 0 aliphatic carbocycles. The summed E-state index contributed by atoms with van der Waals surface area (Å²) in [6.07, 6.45) is 0.551. The molecule has 2 atom stereocenters. The summed E-state index contributed by atoms with van der Waals surface area (Å²) in [5.41, 5.74) is 0.279. The molecule has 1 aromatic rings. The quantitative estimate of drug-likeness (QED) is 0.420. The normalized spacial score (nSPS) is 19.8. The molecule has 0 fully saturated rings. The van der Waals surface area contributed by atoms with E-state index in [1.54, 1.807) is 24.3 Å². The Kier molecular flexibility index (Phi) is 12.2. The van der Waals surface area contributed by atoms with Gasteiger partial charge in [-0.25, -0.2) is 0 Å². The summed E-state index contributed by atoms with van der Waals surface area (Å²) >= 11 is 0. The Hall–Kier alpha value is -3.14. The first-order valence-electron chi connectivity index (χ1n) is 12.8. The average Bonchev–Trinajstić information content (AvgIpc) is 2.85. The van der Waals surface area contributed by atoms with Gasteiger partial charge in [-0.1, -0.05) is 39.8 Å². The molecule has 10 nitrogen and oxygen atoms in total. The van der Waals surface area contributed by atoms with Gasteiger partial charge in [-0.3, -0.25) is 19.2 Å². The van der Waals surface area contributed by atoms with E-state index in [-0.39, 0.29) is 55.2 Å². The fraction of sp³-hybridized carbons (Fsp3) is 0.615. The van der Waals surface area contributed by atoms with Crippen molar-refractivity contribution in [1.29, 1.82) is 0 Å². The van der Waals surface area contributed by atoms with Gasteiger partial charge >= 0.3 is 0 Å². The molecule has 4 N–H and O–H groups in total. The van der Waals surface area contributed by atoms with Crippen LogP contribution in [0.3, 0.4) is 0 Å². The Balaban J connectivity index is 2.22. The Morgan fingerprint density at radius 2 is 1.86 bits per heavy atom. The lowest BCUT2D eigenvalue weighted by molar-refractivity contribution is -0.130. The second-order valence-corrected chi connectivity index (χ2v) is 9.27. The van der Waals surface area contributed by atoms with Crippen LogP contribution in [0.4, 0.5) is 0 Å². The monoisotopic (exact) mass is 503 g/mol. The van der Waals surface area contributed by atoms with Crippen molar-refractivity contribution in [2.75, 3.05) is 39.3 Å². The number of amides is 4. The Morgan fingerprint density at radius 1 is 1.14 bits per heavy atom. The standard InChI is InChI=1S/C26H41N5O5/c1-5-31(6-2)15-13-27-25(34)20-11-12-23(32)29-21(17-18(3)4)26(35)28-14-16-36-22-10-8-7-9-19(22)24(33)30-20/h7-10,18,20-21H,5-6,11-17H2,1-4H3,(H,27,34)(H,28,35)(H,29,32)(H,30,33)/t20-,21-/m0/s1. The molecule has 4 amide bonds. The van der Waals surface area contributed by atoms with E-state index in [1.165, 1.54) is 0 Å². The number of carbonyl (C=O) groups excluding carboxylic acids is 4. The van der Waals surface area contributed by atoms with E-state index in [1.807, 2.05) is 13.8 Å². The van der Waals surface area contributed by atoms with Crippen LogP contribution >= 0.6 is 0 Å². The lowest BCUT2D eigenvalue weighted by atomic mass is 10.0. The second kappa shape index (κ2) is 15.1. The van der Waals surface area contributed by atoms with Crippen LogP contribution in [0, 0.1) is 5.92 Å². The van der Waals surface area contributed by atoms with E-state index in [9.17, 15) is 19.2 Å². The van der Waals surface area contributed by atoms with Gasteiger partial charge in [-0.15, -0.1) is 0 Å². The number of rotatable bonds is 8. The van der Waals surface area contributed by atoms with Crippen LogP contribution in [-0.4, -0.2) is 79.9 Å². The predicted molar refractivity (Wildman–Crippen MR) is 138 cm³/mol. The minimum absolute atomic E-state index is 0.0194. The fourth-order valence-corrected chi connectivity index (χ4v) is 3.99. The van der Waals surface area contributed by atoms with Crippen LogP contribution < -0.4 is 26.0 Å². The van der Waals surface area contributed by atoms with Crippen LogP contribution in [0.15, 0.2) is 24.3 Å². The molecule has 2 rings (SSSR count). The maximum Gasteiger partial charge on any atom is 0.255 e. The summed E-state index contributed by atoms with van der Waals surface area (Å²) in [6.45, 7) is 11.3. The summed E-state index contributed by atoms with van der Waals surface area (Å²) in [5.74, 6) is -0.919. The topological polar surface area (TPSA) is 129 Å². The number of hydrogen-bond acceptors (Lipinski definition) is 6. The van der Waals surface area contributed by atoms with E-state index in [4.69, 9.17) is 4.74 Å². The molecular weight excluding hydrogens is 462 g/mol. The van der Waals surface area contributed by atoms with Crippen molar-refractivity contribution in [3.05, 3.63) is 29.8 Å². The zero-order valence-corrected chi connectivity index (χ0v) is 21.9. The molecule has 0 saturated carbocycles. The number of nitrogens with zero attached hydrogens (tertiary/aromatic N) is 1. The molecule has 0 saturated heterocycles. The Labute approximate surface area is 213 Å². The lowest BCUT2D eigenvalue weighted by Gasteiger charge is -2.22. The molecular formula is C26H41N5O5. The fourth-order valence-electron chi connectivity index (χ4n) is 3.99. The number of likely N-dealkylation sites (N-methyl/N-ethyl adjacent to an activating group) is 1. The van der Waals surface area contributed by atoms with Crippen LogP contribution in [0.25, 0.3) is 0 Å². The van der Waals surface area contributed by atoms with Gasteiger partial charge in [0.1, 0.15) is 24.4 Å². The molecule has 1 aliphatic rings. The first kappa shape index (κ1) is 29.1. The number of nitrogens with one attached hydrogen (secondary N) is 4. The smallest absolute Gasteiger partial charge is 0.255 e. The predicted octanol–water partition coefficient (Wildman–Crippen LogP) is 1.06. The maximum absolute atomic E-state index is 13.1. The third-order valence-electron chi connectivity index (χ3n) is 6.05. The molecule has 0 radical (unpaired) electrons. The summed E-state index contributed by atoms with van der Waals surface area (Å²) in [4.78, 5) is 53.7. The van der Waals surface area contributed by atoms with Crippen molar-refractivity contribution in [3.8, 4) is 5.75 Å². The van der Waals surface area contributed by atoms with Gasteiger partial charge in [0.25, 0.3) is 5.91 Å². The van der Waals surface area contributed by atoms with Gasteiger partial charge in [0, 0.05) is 19.5 Å². The molecule has 0 aromatic heterocycles. The molecule has 0 unspecified atom stereocenters. The number of carbonyl (C=O) groups is 4. The van der Waals surface area contributed by atoms with E-state index >= 15 is 0 Å². The SMILES string of the molecule is CCN(CC)CCNC(=O)[C@@H]1CCC(=O)N[C@@H](CC(C)C)C(=O)NCCOc2ccccc2C(=O)N1. The third kappa shape index (κ3) is 9.49. The lowest BCUT2D eigenvalue weighted by Crippen LogP contribution is -2.50. The first-order chi connectivity index (χ1) is 17.2. The van der Waals surface area contributed by atoms with Crippen LogP contribution in [-0.2, 0) is 14.4 Å². The zero-order valence-electron chi connectivity index (χ0n) is 21.9. The number of para-hydroxylation sites is 1. The molecule has 36 heavy (non-hydrogen) atoms. The van der Waals surface area contributed by atoms with Crippen LogP contribution in [0.2, 0.25) is 0 Å².